The second-order valence-corrected chi connectivity index (χ2v) is 5.20. The Morgan fingerprint density at radius 1 is 1.50 bits per heavy atom. The summed E-state index contributed by atoms with van der Waals surface area (Å²) in [7, 11) is 1.69. The normalized spacial score (nSPS) is 18.8. The van der Waals surface area contributed by atoms with Crippen LogP contribution in [0.1, 0.15) is 46.5 Å². The van der Waals surface area contributed by atoms with Gasteiger partial charge in [0.05, 0.1) is 6.61 Å². The van der Waals surface area contributed by atoms with Gasteiger partial charge in [0.15, 0.2) is 0 Å². The number of hydrogen-bond acceptors (Lipinski definition) is 1. The molecule has 3 atom stereocenters. The van der Waals surface area contributed by atoms with Crippen molar-refractivity contribution >= 4 is 0 Å². The molecule has 0 bridgehead atoms. The summed E-state index contributed by atoms with van der Waals surface area (Å²) in [6, 6.07) is 0. The van der Waals surface area contributed by atoms with Gasteiger partial charge in [0.1, 0.15) is 6.17 Å². The Balaban J connectivity index is 4.25. The van der Waals surface area contributed by atoms with Gasteiger partial charge in [-0.1, -0.05) is 26.8 Å². The van der Waals surface area contributed by atoms with E-state index in [1.54, 1.807) is 7.11 Å². The molecule has 0 heterocycles. The molecule has 0 unspecified atom stereocenters. The molecule has 1 nitrogen and oxygen atoms in total. The van der Waals surface area contributed by atoms with Crippen LogP contribution in [0, 0.1) is 11.3 Å². The first kappa shape index (κ1) is 15.6. The summed E-state index contributed by atoms with van der Waals surface area (Å²) in [6.07, 6.45) is 4.49. The van der Waals surface area contributed by atoms with Crippen molar-refractivity contribution in [3.05, 3.63) is 12.7 Å². The molecule has 0 radical (unpaired) electrons. The summed E-state index contributed by atoms with van der Waals surface area (Å²) in [5.74, 6) is 0.496. The molecule has 0 rings (SSSR count). The Hall–Kier alpha value is -0.370. The molecule has 0 saturated carbocycles. The number of rotatable bonds is 9. The van der Waals surface area contributed by atoms with Crippen LogP contribution in [0.4, 0.5) is 4.39 Å². The zero-order valence-electron chi connectivity index (χ0n) is 11.3. The van der Waals surface area contributed by atoms with Crippen LogP contribution in [0.3, 0.4) is 0 Å². The summed E-state index contributed by atoms with van der Waals surface area (Å²) < 4.78 is 18.7. The summed E-state index contributed by atoms with van der Waals surface area (Å²) in [6.45, 7) is 10.6. The minimum atomic E-state index is -0.709. The molecular formula is C14H27FO. The second kappa shape index (κ2) is 7.83. The minimum absolute atomic E-state index is 0.0402. The van der Waals surface area contributed by atoms with Gasteiger partial charge in [-0.3, -0.25) is 0 Å². The fourth-order valence-electron chi connectivity index (χ4n) is 1.95. The fraction of sp³-hybridized carbons (Fsp3) is 0.857. The molecule has 0 saturated heterocycles. The maximum absolute atomic E-state index is 13.5. The highest BCUT2D eigenvalue weighted by atomic mass is 19.1. The maximum atomic E-state index is 13.5. The molecule has 0 N–H and O–H groups in total. The SMILES string of the molecule is C=C[C@H](C)CC[C@@](C)(COC)C[C@H](F)CC. The minimum Gasteiger partial charge on any atom is -0.384 e. The van der Waals surface area contributed by atoms with Crippen molar-refractivity contribution in [1.82, 2.24) is 0 Å². The number of hydrogen-bond donors (Lipinski definition) is 0. The Kier molecular flexibility index (Phi) is 7.65. The first-order chi connectivity index (χ1) is 7.47. The topological polar surface area (TPSA) is 9.23 Å². The largest absolute Gasteiger partial charge is 0.384 e. The highest BCUT2D eigenvalue weighted by Crippen LogP contribution is 2.33. The first-order valence-electron chi connectivity index (χ1n) is 6.23. The number of methoxy groups -OCH3 is 1. The number of allylic oxidation sites excluding steroid dienone is 1. The van der Waals surface area contributed by atoms with E-state index in [1.165, 1.54) is 0 Å². The van der Waals surface area contributed by atoms with E-state index in [2.05, 4.69) is 20.4 Å². The molecule has 0 aromatic heterocycles. The molecule has 0 aliphatic carbocycles. The fourth-order valence-corrected chi connectivity index (χ4v) is 1.95. The van der Waals surface area contributed by atoms with E-state index in [1.807, 2.05) is 13.0 Å². The van der Waals surface area contributed by atoms with Crippen molar-refractivity contribution < 1.29 is 9.13 Å². The molecule has 0 spiro atoms. The standard InChI is InChI=1S/C14H27FO/c1-6-12(3)8-9-14(4,11-16-5)10-13(15)7-2/h6,12-13H,1,7-11H2,2-5H3/t12-,13+,14+/m0/s1. The van der Waals surface area contributed by atoms with Gasteiger partial charge in [-0.2, -0.15) is 0 Å². The Morgan fingerprint density at radius 2 is 2.12 bits per heavy atom. The van der Waals surface area contributed by atoms with E-state index in [0.29, 0.717) is 25.4 Å². The van der Waals surface area contributed by atoms with Gasteiger partial charge in [0.25, 0.3) is 0 Å². The molecular weight excluding hydrogens is 203 g/mol. The zero-order valence-corrected chi connectivity index (χ0v) is 11.3. The van der Waals surface area contributed by atoms with Crippen molar-refractivity contribution in [1.29, 1.82) is 0 Å². The van der Waals surface area contributed by atoms with Crippen molar-refractivity contribution in [2.45, 2.75) is 52.6 Å². The van der Waals surface area contributed by atoms with Gasteiger partial charge in [-0.25, -0.2) is 4.39 Å². The van der Waals surface area contributed by atoms with Gasteiger partial charge in [0.2, 0.25) is 0 Å². The maximum Gasteiger partial charge on any atom is 0.100 e. The van der Waals surface area contributed by atoms with E-state index < -0.39 is 6.17 Å². The van der Waals surface area contributed by atoms with Gasteiger partial charge in [-0.15, -0.1) is 6.58 Å². The Morgan fingerprint density at radius 3 is 2.56 bits per heavy atom. The van der Waals surface area contributed by atoms with Crippen LogP contribution >= 0.6 is 0 Å². The van der Waals surface area contributed by atoms with Crippen molar-refractivity contribution in [2.24, 2.45) is 11.3 Å². The van der Waals surface area contributed by atoms with E-state index in [4.69, 9.17) is 4.74 Å². The molecule has 0 amide bonds. The van der Waals surface area contributed by atoms with Gasteiger partial charge >= 0.3 is 0 Å². The van der Waals surface area contributed by atoms with Crippen molar-refractivity contribution in [2.75, 3.05) is 13.7 Å². The summed E-state index contributed by atoms with van der Waals surface area (Å²) >= 11 is 0. The van der Waals surface area contributed by atoms with Crippen LogP contribution < -0.4 is 0 Å². The lowest BCUT2D eigenvalue weighted by molar-refractivity contribution is 0.0537. The second-order valence-electron chi connectivity index (χ2n) is 5.20. The molecule has 2 heteroatoms. The lowest BCUT2D eigenvalue weighted by Gasteiger charge is -2.31. The zero-order chi connectivity index (χ0) is 12.6. The van der Waals surface area contributed by atoms with E-state index in [9.17, 15) is 4.39 Å². The molecule has 0 aliphatic heterocycles. The lowest BCUT2D eigenvalue weighted by atomic mass is 9.79. The molecule has 0 aromatic rings. The summed E-state index contributed by atoms with van der Waals surface area (Å²) in [5, 5.41) is 0. The Labute approximate surface area is 100 Å². The molecule has 0 fully saturated rings. The summed E-state index contributed by atoms with van der Waals surface area (Å²) in [4.78, 5) is 0. The summed E-state index contributed by atoms with van der Waals surface area (Å²) in [5.41, 5.74) is -0.0402. The number of ether oxygens (including phenoxy) is 1. The van der Waals surface area contributed by atoms with E-state index in [0.717, 1.165) is 12.8 Å². The van der Waals surface area contributed by atoms with Crippen LogP contribution in [0.15, 0.2) is 12.7 Å². The van der Waals surface area contributed by atoms with Crippen LogP contribution in [-0.4, -0.2) is 19.9 Å². The first-order valence-corrected chi connectivity index (χ1v) is 6.23. The Bertz CT molecular complexity index is 193. The highest BCUT2D eigenvalue weighted by molar-refractivity contribution is 4.82. The van der Waals surface area contributed by atoms with Gasteiger partial charge in [0, 0.05) is 7.11 Å². The quantitative estimate of drug-likeness (QED) is 0.534. The van der Waals surface area contributed by atoms with Crippen LogP contribution in [0.2, 0.25) is 0 Å². The molecule has 0 aliphatic rings. The predicted molar refractivity (Wildman–Crippen MR) is 68.4 cm³/mol. The third-order valence-electron chi connectivity index (χ3n) is 3.26. The lowest BCUT2D eigenvalue weighted by Crippen LogP contribution is -2.27. The molecule has 16 heavy (non-hydrogen) atoms. The van der Waals surface area contributed by atoms with Gasteiger partial charge in [-0.05, 0) is 37.0 Å². The smallest absolute Gasteiger partial charge is 0.100 e. The van der Waals surface area contributed by atoms with Crippen LogP contribution in [0.25, 0.3) is 0 Å². The average molecular weight is 230 g/mol. The third kappa shape index (κ3) is 6.26. The predicted octanol–water partition coefficient (Wildman–Crippen LogP) is 4.38. The third-order valence-corrected chi connectivity index (χ3v) is 3.26. The van der Waals surface area contributed by atoms with E-state index >= 15 is 0 Å². The number of halogens is 1. The van der Waals surface area contributed by atoms with Crippen molar-refractivity contribution in [3.63, 3.8) is 0 Å². The van der Waals surface area contributed by atoms with Crippen LogP contribution in [0.5, 0.6) is 0 Å². The monoisotopic (exact) mass is 230 g/mol. The number of alkyl halides is 1. The molecule has 96 valence electrons. The van der Waals surface area contributed by atoms with Gasteiger partial charge < -0.3 is 4.74 Å². The molecule has 0 aromatic carbocycles. The van der Waals surface area contributed by atoms with E-state index in [-0.39, 0.29) is 5.41 Å². The average Bonchev–Trinajstić information content (AvgIpc) is 2.26. The van der Waals surface area contributed by atoms with Crippen molar-refractivity contribution in [3.8, 4) is 0 Å². The van der Waals surface area contributed by atoms with Crippen LogP contribution in [-0.2, 0) is 4.74 Å². The highest BCUT2D eigenvalue weighted by Gasteiger charge is 2.27.